The van der Waals surface area contributed by atoms with E-state index in [0.717, 1.165) is 76.5 Å². The molecule has 2 fully saturated rings. The van der Waals surface area contributed by atoms with E-state index in [1.807, 2.05) is 58.6 Å². The van der Waals surface area contributed by atoms with Gasteiger partial charge in [-0.25, -0.2) is 19.6 Å². The molecule has 2 aromatic carbocycles. The van der Waals surface area contributed by atoms with Gasteiger partial charge in [0, 0.05) is 35.6 Å². The fraction of sp³-hybridized carbons (Fsp3) is 0.463. The normalized spacial score (nSPS) is 18.1. The van der Waals surface area contributed by atoms with Crippen LogP contribution < -0.4 is 11.1 Å². The fourth-order valence-corrected chi connectivity index (χ4v) is 7.75. The van der Waals surface area contributed by atoms with Crippen LogP contribution in [0.4, 0.5) is 9.59 Å². The Labute approximate surface area is 321 Å². The standard InChI is InChI=1S/C41H52N8O6/c1-22(2)32(47-41(53)54-7)38(50)48-20-8-10-30(48)36-43-24(5)33(45-36)28-16-12-26(13-17-28)27-14-18-29(19-15-27)34-25(6)44-37(46-34)31-11-9-21-49(31)39(51)35(23(3)4)55-40(42)52/h12-19,22-23,30-32,35H,8-11,20-21H2,1-7H3,(H2,42,52)(H,43,45)(H,44,46)(H,47,53)/t30-,31-,32-,35-/m0/s1. The molecule has 2 saturated heterocycles. The molecular formula is C41H52N8O6. The van der Waals surface area contributed by atoms with E-state index < -0.39 is 24.3 Å². The minimum Gasteiger partial charge on any atom is -0.453 e. The van der Waals surface area contributed by atoms with Crippen molar-refractivity contribution in [1.29, 1.82) is 0 Å². The molecule has 0 unspecified atom stereocenters. The molecule has 55 heavy (non-hydrogen) atoms. The molecule has 4 aromatic rings. The quantitative estimate of drug-likeness (QED) is 0.132. The molecule has 5 N–H and O–H groups in total. The SMILES string of the molecule is COC(=O)N[C@H](C(=O)N1CCC[C@H]1c1nc(-c2ccc(-c3ccc(-c4nc([C@@H]5CCCN5C(=O)[C@@H](OC(N)=O)C(C)C)[nH]c4C)cc3)cc2)c(C)[nH]1)C(C)C. The van der Waals surface area contributed by atoms with Crippen molar-refractivity contribution in [1.82, 2.24) is 35.1 Å². The van der Waals surface area contributed by atoms with Crippen LogP contribution in [0.2, 0.25) is 0 Å². The number of aryl methyl sites for hydroxylation is 2. The van der Waals surface area contributed by atoms with E-state index in [1.54, 1.807) is 4.90 Å². The number of nitrogens with zero attached hydrogens (tertiary/aromatic N) is 4. The summed E-state index contributed by atoms with van der Waals surface area (Å²) in [7, 11) is 1.29. The number of imidazole rings is 2. The third-order valence-corrected chi connectivity index (χ3v) is 10.6. The molecular weight excluding hydrogens is 701 g/mol. The van der Waals surface area contributed by atoms with E-state index in [-0.39, 0.29) is 35.7 Å². The van der Waals surface area contributed by atoms with E-state index in [2.05, 4.69) is 51.7 Å². The molecule has 0 bridgehead atoms. The zero-order valence-corrected chi connectivity index (χ0v) is 32.6. The topological polar surface area (TPSA) is 189 Å². The summed E-state index contributed by atoms with van der Waals surface area (Å²) in [6.45, 7) is 12.6. The zero-order valence-electron chi connectivity index (χ0n) is 32.6. The molecule has 0 radical (unpaired) electrons. The van der Waals surface area contributed by atoms with Gasteiger partial charge in [0.15, 0.2) is 6.10 Å². The van der Waals surface area contributed by atoms with Crippen molar-refractivity contribution in [2.75, 3.05) is 20.2 Å². The van der Waals surface area contributed by atoms with E-state index in [9.17, 15) is 19.2 Å². The van der Waals surface area contributed by atoms with Crippen molar-refractivity contribution in [2.45, 2.75) is 91.5 Å². The summed E-state index contributed by atoms with van der Waals surface area (Å²) in [6, 6.07) is 15.3. The van der Waals surface area contributed by atoms with E-state index >= 15 is 0 Å². The van der Waals surface area contributed by atoms with Gasteiger partial charge in [-0.2, -0.15) is 0 Å². The Morgan fingerprint density at radius 2 is 1.16 bits per heavy atom. The monoisotopic (exact) mass is 752 g/mol. The third-order valence-electron chi connectivity index (χ3n) is 10.6. The van der Waals surface area contributed by atoms with Crippen LogP contribution in [0.5, 0.6) is 0 Å². The number of nitrogens with one attached hydrogen (secondary N) is 3. The van der Waals surface area contributed by atoms with Crippen LogP contribution in [-0.2, 0) is 19.1 Å². The fourth-order valence-electron chi connectivity index (χ4n) is 7.75. The van der Waals surface area contributed by atoms with Gasteiger partial charge in [-0.1, -0.05) is 76.2 Å². The van der Waals surface area contributed by atoms with Crippen LogP contribution in [0.25, 0.3) is 33.6 Å². The highest BCUT2D eigenvalue weighted by molar-refractivity contribution is 5.86. The van der Waals surface area contributed by atoms with Gasteiger partial charge in [0.2, 0.25) is 5.91 Å². The molecule has 14 heteroatoms. The lowest BCUT2D eigenvalue weighted by Crippen LogP contribution is -2.51. The number of aromatic amines is 2. The molecule has 4 atom stereocenters. The molecule has 0 aliphatic carbocycles. The number of carbonyl (C=O) groups excluding carboxylic acids is 4. The minimum atomic E-state index is -0.962. The smallest absolute Gasteiger partial charge is 0.407 e. The maximum atomic E-state index is 13.6. The van der Waals surface area contributed by atoms with Gasteiger partial charge in [0.25, 0.3) is 5.91 Å². The number of methoxy groups -OCH3 is 1. The molecule has 292 valence electrons. The van der Waals surface area contributed by atoms with Gasteiger partial charge in [0.1, 0.15) is 17.7 Å². The molecule has 2 aliphatic heterocycles. The number of ether oxygens (including phenoxy) is 2. The second-order valence-electron chi connectivity index (χ2n) is 15.2. The average molecular weight is 753 g/mol. The first-order valence-electron chi connectivity index (χ1n) is 19.0. The lowest BCUT2D eigenvalue weighted by Gasteiger charge is -2.30. The number of H-pyrrole nitrogens is 2. The van der Waals surface area contributed by atoms with Gasteiger partial charge >= 0.3 is 12.2 Å². The average Bonchev–Trinajstić information content (AvgIpc) is 3.98. The molecule has 6 rings (SSSR count). The van der Waals surface area contributed by atoms with Crippen molar-refractivity contribution in [3.63, 3.8) is 0 Å². The first-order valence-corrected chi connectivity index (χ1v) is 19.0. The molecule has 0 spiro atoms. The Morgan fingerprint density at radius 1 is 0.727 bits per heavy atom. The van der Waals surface area contributed by atoms with Crippen LogP contribution in [0.1, 0.15) is 88.5 Å². The first-order chi connectivity index (χ1) is 26.3. The molecule has 14 nitrogen and oxygen atoms in total. The van der Waals surface area contributed by atoms with Crippen LogP contribution in [0.15, 0.2) is 48.5 Å². The summed E-state index contributed by atoms with van der Waals surface area (Å²) in [6.07, 6.45) is 0.657. The van der Waals surface area contributed by atoms with E-state index in [4.69, 9.17) is 25.2 Å². The maximum absolute atomic E-state index is 13.6. The number of alkyl carbamates (subject to hydrolysis) is 1. The van der Waals surface area contributed by atoms with Gasteiger partial charge in [-0.3, -0.25) is 9.59 Å². The molecule has 0 saturated carbocycles. The highest BCUT2D eigenvalue weighted by Gasteiger charge is 2.39. The first kappa shape index (κ1) is 39.0. The summed E-state index contributed by atoms with van der Waals surface area (Å²) >= 11 is 0. The summed E-state index contributed by atoms with van der Waals surface area (Å²) in [5.41, 5.74) is 12.7. The van der Waals surface area contributed by atoms with Crippen LogP contribution >= 0.6 is 0 Å². The predicted octanol–water partition coefficient (Wildman–Crippen LogP) is 6.58. The summed E-state index contributed by atoms with van der Waals surface area (Å²) in [5.74, 6) is 0.711. The van der Waals surface area contributed by atoms with Crippen LogP contribution in [0.3, 0.4) is 0 Å². The number of likely N-dealkylation sites (tertiary alicyclic amines) is 2. The van der Waals surface area contributed by atoms with Gasteiger partial charge in [-0.05, 0) is 62.5 Å². The number of hydrogen-bond donors (Lipinski definition) is 4. The molecule has 4 amide bonds. The van der Waals surface area contributed by atoms with E-state index in [0.29, 0.717) is 18.9 Å². The Bertz CT molecular complexity index is 2020. The number of nitrogens with two attached hydrogens (primary N) is 1. The summed E-state index contributed by atoms with van der Waals surface area (Å²) in [4.78, 5) is 70.9. The second-order valence-corrected chi connectivity index (χ2v) is 15.2. The summed E-state index contributed by atoms with van der Waals surface area (Å²) in [5, 5.41) is 2.70. The third kappa shape index (κ3) is 8.23. The largest absolute Gasteiger partial charge is 0.453 e. The second kappa shape index (κ2) is 16.4. The van der Waals surface area contributed by atoms with Crippen molar-refractivity contribution < 1.29 is 28.7 Å². The number of amides is 4. The lowest BCUT2D eigenvalue weighted by atomic mass is 10.0. The van der Waals surface area contributed by atoms with Gasteiger partial charge in [0.05, 0.1) is 30.6 Å². The number of carbonyl (C=O) groups is 4. The number of primary amides is 1. The Morgan fingerprint density at radius 3 is 1.56 bits per heavy atom. The Balaban J connectivity index is 1.15. The van der Waals surface area contributed by atoms with Crippen molar-refractivity contribution in [3.8, 4) is 33.6 Å². The lowest BCUT2D eigenvalue weighted by molar-refractivity contribution is -0.143. The van der Waals surface area contributed by atoms with Gasteiger partial charge < -0.3 is 40.3 Å². The summed E-state index contributed by atoms with van der Waals surface area (Å²) < 4.78 is 9.96. The number of rotatable bonds is 11. The van der Waals surface area contributed by atoms with Gasteiger partial charge in [-0.15, -0.1) is 0 Å². The van der Waals surface area contributed by atoms with E-state index in [1.165, 1.54) is 7.11 Å². The predicted molar refractivity (Wildman–Crippen MR) is 207 cm³/mol. The number of hydrogen-bond acceptors (Lipinski definition) is 8. The Hall–Kier alpha value is -5.66. The number of aromatic nitrogens is 4. The molecule has 2 aliphatic rings. The van der Waals surface area contributed by atoms with Crippen molar-refractivity contribution in [2.24, 2.45) is 17.6 Å². The van der Waals surface area contributed by atoms with Crippen molar-refractivity contribution in [3.05, 3.63) is 71.6 Å². The van der Waals surface area contributed by atoms with Crippen molar-refractivity contribution >= 4 is 24.0 Å². The molecule has 2 aromatic heterocycles. The van der Waals surface area contributed by atoms with Crippen LogP contribution in [0, 0.1) is 25.7 Å². The highest BCUT2D eigenvalue weighted by atomic mass is 16.6. The zero-order chi connectivity index (χ0) is 39.6. The number of benzene rings is 2. The highest BCUT2D eigenvalue weighted by Crippen LogP contribution is 2.36. The Kier molecular flexibility index (Phi) is 11.6. The minimum absolute atomic E-state index is 0.110. The molecule has 4 heterocycles. The maximum Gasteiger partial charge on any atom is 0.407 e. The van der Waals surface area contributed by atoms with Crippen LogP contribution in [-0.4, -0.2) is 86.1 Å².